The molecule has 0 aliphatic carbocycles. The van der Waals surface area contributed by atoms with Gasteiger partial charge in [-0.05, 0) is 0 Å². The molecule has 0 saturated heterocycles. The molecule has 0 fully saturated rings. The zero-order chi connectivity index (χ0) is 6.69. The van der Waals surface area contributed by atoms with Crippen LogP contribution in [0.5, 0.6) is 0 Å². The maximum absolute atomic E-state index is 10.1. The van der Waals surface area contributed by atoms with Crippen molar-refractivity contribution in [3.05, 3.63) is 35.9 Å². The Kier molecular flexibility index (Phi) is 15.5. The molecule has 12 heavy (non-hydrogen) atoms. The summed E-state index contributed by atoms with van der Waals surface area (Å²) in [6.45, 7) is 0. The maximum Gasteiger partial charge on any atom is 2.00 e. The fourth-order valence-corrected chi connectivity index (χ4v) is 0.520. The van der Waals surface area contributed by atoms with Gasteiger partial charge in [0, 0.05) is 5.97 Å². The number of halogens is 1. The first-order valence-electron chi connectivity index (χ1n) is 2.48. The second-order valence-corrected chi connectivity index (χ2v) is 1.58. The maximum atomic E-state index is 10.1. The Balaban J connectivity index is -0.000000270. The van der Waals surface area contributed by atoms with E-state index >= 15 is 0 Å². The van der Waals surface area contributed by atoms with Gasteiger partial charge in [-0.2, -0.15) is 30.3 Å². The second-order valence-electron chi connectivity index (χ2n) is 1.58. The van der Waals surface area contributed by atoms with E-state index in [9.17, 15) is 9.90 Å². The standard InChI is InChI=1S/C7H5O2.ClH.Hg.Na/c8-7(9)6-4-2-1-3-5-6;;;/h1-2,4-5H,(H,8,9);1H;;/q-1;;+2;+1/p-2. The van der Waals surface area contributed by atoms with Gasteiger partial charge in [0.05, 0.1) is 0 Å². The predicted molar refractivity (Wildman–Crippen MR) is 29.6 cm³/mol. The molecule has 0 saturated carbocycles. The van der Waals surface area contributed by atoms with Crippen molar-refractivity contribution in [1.29, 1.82) is 0 Å². The van der Waals surface area contributed by atoms with E-state index in [4.69, 9.17) is 0 Å². The number of hydrogen-bond acceptors (Lipinski definition) is 2. The van der Waals surface area contributed by atoms with E-state index < -0.39 is 5.97 Å². The third-order valence-corrected chi connectivity index (χ3v) is 0.943. The number of rotatable bonds is 1. The second kappa shape index (κ2) is 10.00. The van der Waals surface area contributed by atoms with Crippen LogP contribution in [0, 0.1) is 6.07 Å². The molecule has 1 aromatic rings. The van der Waals surface area contributed by atoms with Gasteiger partial charge in [0.15, 0.2) is 0 Å². The number of carbonyl (C=O) groups is 1. The van der Waals surface area contributed by atoms with E-state index in [1.165, 1.54) is 12.1 Å². The number of aromatic carboxylic acids is 1. The summed E-state index contributed by atoms with van der Waals surface area (Å²) in [5.41, 5.74) is 0.164. The number of carboxylic acid groups (broad SMARTS) is 1. The Morgan fingerprint density at radius 3 is 2.33 bits per heavy atom. The summed E-state index contributed by atoms with van der Waals surface area (Å²) in [6.07, 6.45) is 0. The minimum Gasteiger partial charge on any atom is -1.00 e. The van der Waals surface area contributed by atoms with Crippen molar-refractivity contribution in [3.8, 4) is 0 Å². The van der Waals surface area contributed by atoms with Crippen LogP contribution in [-0.2, 0) is 27.7 Å². The van der Waals surface area contributed by atoms with E-state index in [0.717, 1.165) is 0 Å². The summed E-state index contributed by atoms with van der Waals surface area (Å²) in [5.74, 6) is -1.16. The van der Waals surface area contributed by atoms with E-state index in [1.807, 2.05) is 0 Å². The molecule has 1 aromatic carbocycles. The molecule has 0 bridgehead atoms. The first-order valence-corrected chi connectivity index (χ1v) is 2.48. The Morgan fingerprint density at radius 1 is 1.50 bits per heavy atom. The monoisotopic (exact) mass is 380 g/mol. The van der Waals surface area contributed by atoms with Crippen LogP contribution in [0.2, 0.25) is 0 Å². The topological polar surface area (TPSA) is 40.1 Å². The van der Waals surface area contributed by atoms with Crippen molar-refractivity contribution in [2.75, 3.05) is 0 Å². The van der Waals surface area contributed by atoms with Crippen LogP contribution in [0.1, 0.15) is 10.4 Å². The van der Waals surface area contributed by atoms with Gasteiger partial charge < -0.3 is 22.3 Å². The number of hydrogen-bond donors (Lipinski definition) is 0. The average molecular weight is 379 g/mol. The van der Waals surface area contributed by atoms with Gasteiger partial charge >= 0.3 is 57.2 Å². The Hall–Kier alpha value is 0.915. The van der Waals surface area contributed by atoms with Crippen molar-refractivity contribution in [2.24, 2.45) is 0 Å². The molecule has 0 aliphatic rings. The smallest absolute Gasteiger partial charge is 1.00 e. The summed E-state index contributed by atoms with van der Waals surface area (Å²) < 4.78 is 0. The average Bonchev–Trinajstić information content (AvgIpc) is 1.90. The summed E-state index contributed by atoms with van der Waals surface area (Å²) in [7, 11) is 0. The molecule has 0 N–H and O–H groups in total. The summed E-state index contributed by atoms with van der Waals surface area (Å²) in [4.78, 5) is 10.1. The molecular formula is C7H4ClHgNaO2. The van der Waals surface area contributed by atoms with E-state index in [-0.39, 0.29) is 75.2 Å². The fraction of sp³-hybridized carbons (Fsp3) is 0. The third-order valence-electron chi connectivity index (χ3n) is 0.943. The summed E-state index contributed by atoms with van der Waals surface area (Å²) >= 11 is 0. The van der Waals surface area contributed by atoms with Crippen LogP contribution in [0.4, 0.5) is 0 Å². The first-order chi connectivity index (χ1) is 4.30. The normalized spacial score (nSPS) is 6.67. The van der Waals surface area contributed by atoms with Gasteiger partial charge in [-0.25, -0.2) is 0 Å². The van der Waals surface area contributed by atoms with Gasteiger partial charge in [-0.15, -0.1) is 5.56 Å². The molecule has 2 nitrogen and oxygen atoms in total. The predicted octanol–water partition coefficient (Wildman–Crippen LogP) is -6.14. The Morgan fingerprint density at radius 2 is 2.08 bits per heavy atom. The van der Waals surface area contributed by atoms with E-state index in [2.05, 4.69) is 6.07 Å². The minimum atomic E-state index is -1.16. The van der Waals surface area contributed by atoms with Crippen molar-refractivity contribution in [2.45, 2.75) is 0 Å². The molecular weight excluding hydrogens is 375 g/mol. The third kappa shape index (κ3) is 6.43. The summed E-state index contributed by atoms with van der Waals surface area (Å²) in [6, 6.07) is 8.69. The van der Waals surface area contributed by atoms with Gasteiger partial charge in [-0.3, -0.25) is 0 Å². The van der Waals surface area contributed by atoms with Crippen molar-refractivity contribution < 1.29 is 79.5 Å². The van der Waals surface area contributed by atoms with Crippen molar-refractivity contribution >= 4 is 5.97 Å². The molecule has 0 aliphatic heterocycles. The number of carboxylic acids is 1. The SMILES string of the molecule is O=C([O-])c1c[c-]ccc1.[Cl-].[Hg+2].[Na+]. The summed E-state index contributed by atoms with van der Waals surface area (Å²) in [5, 5.41) is 10.1. The van der Waals surface area contributed by atoms with Gasteiger partial charge in [0.2, 0.25) is 0 Å². The first kappa shape index (κ1) is 18.7. The van der Waals surface area contributed by atoms with E-state index in [0.29, 0.717) is 0 Å². The molecule has 0 aromatic heterocycles. The largest absolute Gasteiger partial charge is 2.00 e. The minimum absolute atomic E-state index is 0. The van der Waals surface area contributed by atoms with Crippen LogP contribution in [-0.4, -0.2) is 5.97 Å². The molecule has 0 unspecified atom stereocenters. The van der Waals surface area contributed by atoms with Crippen molar-refractivity contribution in [3.63, 3.8) is 0 Å². The van der Waals surface area contributed by atoms with E-state index in [1.54, 1.807) is 12.1 Å². The number of benzene rings is 1. The number of carbonyl (C=O) groups excluding carboxylic acids is 1. The van der Waals surface area contributed by atoms with Gasteiger partial charge in [0.25, 0.3) is 0 Å². The van der Waals surface area contributed by atoms with Gasteiger partial charge in [-0.1, -0.05) is 0 Å². The zero-order valence-corrected chi connectivity index (χ0v) is 15.0. The zero-order valence-electron chi connectivity index (χ0n) is 6.71. The molecule has 0 radical (unpaired) electrons. The van der Waals surface area contributed by atoms with Gasteiger partial charge in [0.1, 0.15) is 0 Å². The molecule has 0 amide bonds. The van der Waals surface area contributed by atoms with Crippen LogP contribution >= 0.6 is 0 Å². The molecule has 1 rings (SSSR count). The fourth-order valence-electron chi connectivity index (χ4n) is 0.520. The van der Waals surface area contributed by atoms with Crippen molar-refractivity contribution in [1.82, 2.24) is 0 Å². The molecule has 0 atom stereocenters. The molecule has 54 valence electrons. The molecule has 5 heteroatoms. The van der Waals surface area contributed by atoms with Crippen LogP contribution in [0.15, 0.2) is 24.3 Å². The van der Waals surface area contributed by atoms with Crippen LogP contribution < -0.4 is 47.1 Å². The molecule has 0 heterocycles. The Labute approximate surface area is 120 Å². The Bertz CT molecular complexity index is 218. The molecule has 0 spiro atoms. The van der Waals surface area contributed by atoms with Crippen LogP contribution in [0.25, 0.3) is 0 Å². The quantitative estimate of drug-likeness (QED) is 0.360. The van der Waals surface area contributed by atoms with Crippen LogP contribution in [0.3, 0.4) is 0 Å².